The second kappa shape index (κ2) is 9.03. The first kappa shape index (κ1) is 21.2. The van der Waals surface area contributed by atoms with Crippen LogP contribution in [-0.4, -0.2) is 55.4 Å². The van der Waals surface area contributed by atoms with Crippen LogP contribution in [0.3, 0.4) is 0 Å². The molecule has 12 nitrogen and oxygen atoms in total. The molecule has 1 aliphatic rings. The maximum atomic E-state index is 12.0. The molecule has 1 aliphatic heterocycles. The molecule has 1 amide bonds. The Hall–Kier alpha value is -4.71. The molecule has 2 aromatic carbocycles. The van der Waals surface area contributed by atoms with Crippen LogP contribution in [0.25, 0.3) is 11.4 Å². The highest BCUT2D eigenvalue weighted by Crippen LogP contribution is 2.31. The first-order valence-corrected chi connectivity index (χ1v) is 10.4. The third-order valence-electron chi connectivity index (χ3n) is 5.05. The summed E-state index contributed by atoms with van der Waals surface area (Å²) in [7, 11) is 0. The zero-order valence-corrected chi connectivity index (χ0v) is 17.8. The van der Waals surface area contributed by atoms with Crippen LogP contribution in [0.1, 0.15) is 10.4 Å². The smallest absolute Gasteiger partial charge is 0.254 e. The third kappa shape index (κ3) is 4.56. The van der Waals surface area contributed by atoms with Crippen molar-refractivity contribution >= 4 is 34.7 Å². The van der Waals surface area contributed by atoms with Crippen LogP contribution in [0.15, 0.2) is 55.0 Å². The van der Waals surface area contributed by atoms with E-state index in [9.17, 15) is 9.90 Å². The largest absolute Gasteiger partial charge is 0.489 e. The van der Waals surface area contributed by atoms with E-state index in [1.165, 1.54) is 12.5 Å². The SMILES string of the molecule is NC(=O)c1cnc(Nc2ccc3c(c2)NC[C@H](O)CO3)nc1Nc1cccc(-c2nc[nH]n2)c1. The number of hydrogen-bond acceptors (Lipinski definition) is 10. The molecule has 34 heavy (non-hydrogen) atoms. The van der Waals surface area contributed by atoms with Gasteiger partial charge in [0.15, 0.2) is 5.82 Å². The van der Waals surface area contributed by atoms with Gasteiger partial charge < -0.3 is 31.5 Å². The molecule has 0 fully saturated rings. The zero-order chi connectivity index (χ0) is 23.5. The van der Waals surface area contributed by atoms with Gasteiger partial charge in [0, 0.05) is 29.7 Å². The Morgan fingerprint density at radius 3 is 2.85 bits per heavy atom. The number of nitrogens with two attached hydrogens (primary N) is 1. The molecule has 3 heterocycles. The van der Waals surface area contributed by atoms with Gasteiger partial charge in [-0.15, -0.1) is 0 Å². The molecule has 1 atom stereocenters. The van der Waals surface area contributed by atoms with Gasteiger partial charge in [-0.3, -0.25) is 9.89 Å². The summed E-state index contributed by atoms with van der Waals surface area (Å²) in [4.78, 5) is 24.8. The lowest BCUT2D eigenvalue weighted by Crippen LogP contribution is -2.23. The van der Waals surface area contributed by atoms with Crippen LogP contribution >= 0.6 is 0 Å². The van der Waals surface area contributed by atoms with E-state index >= 15 is 0 Å². The summed E-state index contributed by atoms with van der Waals surface area (Å²) in [6.07, 6.45) is 2.26. The third-order valence-corrected chi connectivity index (χ3v) is 5.05. The van der Waals surface area contributed by atoms with Crippen LogP contribution in [0.2, 0.25) is 0 Å². The minimum atomic E-state index is -0.663. The summed E-state index contributed by atoms with van der Waals surface area (Å²) in [5.41, 5.74) is 8.54. The summed E-state index contributed by atoms with van der Waals surface area (Å²) >= 11 is 0. The van der Waals surface area contributed by atoms with Gasteiger partial charge in [-0.25, -0.2) is 9.97 Å². The summed E-state index contributed by atoms with van der Waals surface area (Å²) in [6, 6.07) is 12.8. The minimum Gasteiger partial charge on any atom is -0.489 e. The Labute approximate surface area is 193 Å². The first-order valence-electron chi connectivity index (χ1n) is 10.4. The number of anilines is 5. The molecule has 0 saturated heterocycles. The number of hydrogen-bond donors (Lipinski definition) is 6. The summed E-state index contributed by atoms with van der Waals surface area (Å²) in [5, 5.41) is 25.9. The quantitative estimate of drug-likeness (QED) is 0.250. The maximum absolute atomic E-state index is 12.0. The normalized spacial score (nSPS) is 14.8. The highest BCUT2D eigenvalue weighted by molar-refractivity contribution is 5.98. The highest BCUT2D eigenvalue weighted by Gasteiger charge is 2.16. The predicted molar refractivity (Wildman–Crippen MR) is 125 cm³/mol. The fourth-order valence-corrected chi connectivity index (χ4v) is 3.41. The van der Waals surface area contributed by atoms with Crippen LogP contribution in [-0.2, 0) is 0 Å². The Balaban J connectivity index is 1.41. The minimum absolute atomic E-state index is 0.139. The van der Waals surface area contributed by atoms with Gasteiger partial charge in [-0.05, 0) is 30.3 Å². The molecule has 12 heteroatoms. The van der Waals surface area contributed by atoms with Crippen molar-refractivity contribution in [1.29, 1.82) is 0 Å². The molecule has 0 bridgehead atoms. The van der Waals surface area contributed by atoms with Crippen molar-refractivity contribution in [2.75, 3.05) is 29.1 Å². The van der Waals surface area contributed by atoms with Crippen molar-refractivity contribution in [3.63, 3.8) is 0 Å². The molecule has 5 rings (SSSR count). The second-order valence-electron chi connectivity index (χ2n) is 7.53. The van der Waals surface area contributed by atoms with Gasteiger partial charge in [0.25, 0.3) is 5.91 Å². The average Bonchev–Trinajstić information content (AvgIpc) is 3.31. The van der Waals surface area contributed by atoms with Crippen molar-refractivity contribution in [3.8, 4) is 17.1 Å². The lowest BCUT2D eigenvalue weighted by Gasteiger charge is -2.13. The highest BCUT2D eigenvalue weighted by atomic mass is 16.5. The Morgan fingerprint density at radius 2 is 2.03 bits per heavy atom. The molecule has 2 aromatic heterocycles. The number of carbonyl (C=O) groups is 1. The molecule has 0 spiro atoms. The number of β-amino-alcohol motifs (C(OH)–C–C–N with tert-alkyl or cyclic N) is 1. The summed E-state index contributed by atoms with van der Waals surface area (Å²) in [6.45, 7) is 0.595. The van der Waals surface area contributed by atoms with Gasteiger partial charge in [-0.2, -0.15) is 10.1 Å². The number of aliphatic hydroxyl groups is 1. The number of ether oxygens (including phenoxy) is 1. The standard InChI is InChI=1S/C22H21N9O3/c23-19(33)16-9-25-22(29-14-4-5-18-17(7-14)24-8-15(32)10-34-18)30-21(16)28-13-3-1-2-12(6-13)20-26-11-27-31-20/h1-7,9,11,15,24,32H,8,10H2,(H2,23,33)(H,26,27,31)(H2,25,28,29,30)/t15-/m0/s1. The van der Waals surface area contributed by atoms with Crippen molar-refractivity contribution < 1.29 is 14.6 Å². The van der Waals surface area contributed by atoms with E-state index in [0.717, 1.165) is 11.3 Å². The van der Waals surface area contributed by atoms with E-state index in [-0.39, 0.29) is 23.9 Å². The average molecular weight is 459 g/mol. The van der Waals surface area contributed by atoms with E-state index in [0.29, 0.717) is 29.5 Å². The molecular weight excluding hydrogens is 438 g/mol. The number of fused-ring (bicyclic) bond motifs is 1. The number of carbonyl (C=O) groups excluding carboxylic acids is 1. The van der Waals surface area contributed by atoms with Crippen LogP contribution in [0.5, 0.6) is 5.75 Å². The van der Waals surface area contributed by atoms with Gasteiger partial charge >= 0.3 is 0 Å². The van der Waals surface area contributed by atoms with Crippen molar-refractivity contribution in [2.45, 2.75) is 6.10 Å². The van der Waals surface area contributed by atoms with E-state index in [1.54, 1.807) is 12.1 Å². The fourth-order valence-electron chi connectivity index (χ4n) is 3.41. The Morgan fingerprint density at radius 1 is 1.15 bits per heavy atom. The van der Waals surface area contributed by atoms with E-state index in [4.69, 9.17) is 10.5 Å². The number of nitrogens with zero attached hydrogens (tertiary/aromatic N) is 4. The molecule has 7 N–H and O–H groups in total. The molecule has 0 radical (unpaired) electrons. The summed E-state index contributed by atoms with van der Waals surface area (Å²) < 4.78 is 5.59. The maximum Gasteiger partial charge on any atom is 0.254 e. The lowest BCUT2D eigenvalue weighted by atomic mass is 10.2. The van der Waals surface area contributed by atoms with Crippen LogP contribution in [0.4, 0.5) is 28.8 Å². The van der Waals surface area contributed by atoms with Crippen molar-refractivity contribution in [2.24, 2.45) is 5.73 Å². The molecule has 0 unspecified atom stereocenters. The summed E-state index contributed by atoms with van der Waals surface area (Å²) in [5.74, 6) is 1.02. The zero-order valence-electron chi connectivity index (χ0n) is 17.8. The van der Waals surface area contributed by atoms with Gasteiger partial charge in [0.05, 0.1) is 5.69 Å². The van der Waals surface area contributed by atoms with E-state index < -0.39 is 12.0 Å². The van der Waals surface area contributed by atoms with Gasteiger partial charge in [0.1, 0.15) is 36.2 Å². The monoisotopic (exact) mass is 459 g/mol. The van der Waals surface area contributed by atoms with Gasteiger partial charge in [-0.1, -0.05) is 12.1 Å². The second-order valence-corrected chi connectivity index (χ2v) is 7.53. The predicted octanol–water partition coefficient (Wildman–Crippen LogP) is 2.01. The Kier molecular flexibility index (Phi) is 5.62. The number of aromatic amines is 1. The van der Waals surface area contributed by atoms with Crippen LogP contribution < -0.4 is 26.4 Å². The number of amides is 1. The molecular formula is C22H21N9O3. The molecule has 172 valence electrons. The number of primary amides is 1. The molecule has 4 aromatic rings. The Bertz CT molecular complexity index is 1330. The lowest BCUT2D eigenvalue weighted by molar-refractivity contribution is 0.100. The van der Waals surface area contributed by atoms with Crippen LogP contribution in [0, 0.1) is 0 Å². The molecule has 0 aliphatic carbocycles. The number of aliphatic hydroxyl groups excluding tert-OH is 1. The number of benzene rings is 2. The van der Waals surface area contributed by atoms with E-state index in [1.807, 2.05) is 30.3 Å². The first-order chi connectivity index (χ1) is 16.5. The number of rotatable bonds is 6. The van der Waals surface area contributed by atoms with Gasteiger partial charge in [0.2, 0.25) is 5.95 Å². The number of aromatic nitrogens is 5. The number of nitrogens with one attached hydrogen (secondary N) is 4. The topological polar surface area (TPSA) is 176 Å². The molecule has 0 saturated carbocycles. The van der Waals surface area contributed by atoms with Crippen molar-refractivity contribution in [3.05, 3.63) is 60.6 Å². The van der Waals surface area contributed by atoms with Crippen molar-refractivity contribution in [1.82, 2.24) is 25.1 Å². The van der Waals surface area contributed by atoms with E-state index in [2.05, 4.69) is 41.1 Å². The fraction of sp³-hybridized carbons (Fsp3) is 0.136. The number of H-pyrrole nitrogens is 1.